The maximum Gasteiger partial charge on any atom is 0.136 e. The second-order valence-electron chi connectivity index (χ2n) is 10.2. The predicted molar refractivity (Wildman–Crippen MR) is 155 cm³/mol. The van der Waals surface area contributed by atoms with Crippen LogP contribution in [-0.2, 0) is 5.41 Å². The van der Waals surface area contributed by atoms with Crippen molar-refractivity contribution in [3.05, 3.63) is 150 Å². The summed E-state index contributed by atoms with van der Waals surface area (Å²) in [6.07, 6.45) is 12.8. The van der Waals surface area contributed by atoms with Gasteiger partial charge in [0.05, 0.1) is 5.41 Å². The van der Waals surface area contributed by atoms with Crippen molar-refractivity contribution in [3.63, 3.8) is 0 Å². The molecule has 6 aromatic rings. The van der Waals surface area contributed by atoms with Crippen LogP contribution in [0.2, 0.25) is 0 Å². The van der Waals surface area contributed by atoms with Crippen LogP contribution >= 0.6 is 0 Å². The van der Waals surface area contributed by atoms with Gasteiger partial charge in [-0.25, -0.2) is 0 Å². The third-order valence-corrected chi connectivity index (χ3v) is 8.37. The maximum atomic E-state index is 6.29. The third kappa shape index (κ3) is 2.80. The highest BCUT2D eigenvalue weighted by Gasteiger charge is 2.47. The molecule has 0 spiro atoms. The average molecular weight is 488 g/mol. The molecule has 8 rings (SSSR count). The van der Waals surface area contributed by atoms with Crippen molar-refractivity contribution in [1.82, 2.24) is 4.98 Å². The topological polar surface area (TPSA) is 26.0 Å². The molecular weight excluding hydrogens is 462 g/mol. The molecule has 2 aromatic heterocycles. The Labute approximate surface area is 221 Å². The fourth-order valence-corrected chi connectivity index (χ4v) is 6.91. The quantitative estimate of drug-likeness (QED) is 0.249. The number of aromatic nitrogens is 1. The molecule has 2 heterocycles. The molecule has 1 atom stereocenters. The van der Waals surface area contributed by atoms with Crippen molar-refractivity contribution < 1.29 is 4.42 Å². The number of para-hydroxylation sites is 1. The summed E-state index contributed by atoms with van der Waals surface area (Å²) in [5.74, 6) is 0. The zero-order valence-electron chi connectivity index (χ0n) is 20.9. The van der Waals surface area contributed by atoms with E-state index >= 15 is 0 Å². The van der Waals surface area contributed by atoms with Crippen LogP contribution in [0.3, 0.4) is 0 Å². The first-order chi connectivity index (χ1) is 18.9. The van der Waals surface area contributed by atoms with Gasteiger partial charge >= 0.3 is 0 Å². The summed E-state index contributed by atoms with van der Waals surface area (Å²) in [6.45, 7) is 0. The molecule has 0 radical (unpaired) electrons. The highest BCUT2D eigenvalue weighted by Crippen LogP contribution is 2.59. The Hall–Kier alpha value is -4.69. The monoisotopic (exact) mass is 487 g/mol. The molecule has 4 aromatic carbocycles. The van der Waals surface area contributed by atoms with Crippen LogP contribution in [0.15, 0.2) is 138 Å². The van der Waals surface area contributed by atoms with Crippen molar-refractivity contribution in [2.75, 3.05) is 0 Å². The molecule has 0 N–H and O–H groups in total. The minimum absolute atomic E-state index is 0.359. The number of rotatable bonds is 3. The first kappa shape index (κ1) is 21.4. The van der Waals surface area contributed by atoms with Gasteiger partial charge in [-0.15, -0.1) is 0 Å². The minimum atomic E-state index is -0.359. The SMILES string of the molecule is C1=CCCC(C2(c3ccncc3)c3ccccc3-c3c(-c4cccc5oc6ccccc6c45)cccc32)=C1. The first-order valence-corrected chi connectivity index (χ1v) is 13.3. The van der Waals surface area contributed by atoms with Crippen LogP contribution in [0.4, 0.5) is 0 Å². The molecule has 180 valence electrons. The number of fused-ring (bicyclic) bond motifs is 6. The summed E-state index contributed by atoms with van der Waals surface area (Å²) >= 11 is 0. The van der Waals surface area contributed by atoms with E-state index in [-0.39, 0.29) is 5.41 Å². The number of furan rings is 1. The van der Waals surface area contributed by atoms with E-state index in [0.717, 1.165) is 29.4 Å². The van der Waals surface area contributed by atoms with Crippen LogP contribution < -0.4 is 0 Å². The van der Waals surface area contributed by atoms with Gasteiger partial charge < -0.3 is 4.42 Å². The van der Waals surface area contributed by atoms with E-state index in [9.17, 15) is 0 Å². The van der Waals surface area contributed by atoms with Gasteiger partial charge in [-0.05, 0) is 76.1 Å². The fraction of sp³-hybridized carbons (Fsp3) is 0.0833. The number of allylic oxidation sites excluding steroid dienone is 4. The molecule has 0 saturated carbocycles. The lowest BCUT2D eigenvalue weighted by Gasteiger charge is -2.36. The number of hydrogen-bond acceptors (Lipinski definition) is 2. The Kier molecular flexibility index (Phi) is 4.59. The van der Waals surface area contributed by atoms with Gasteiger partial charge in [-0.2, -0.15) is 0 Å². The third-order valence-electron chi connectivity index (χ3n) is 8.37. The summed E-state index contributed by atoms with van der Waals surface area (Å²) in [5.41, 5.74) is 11.9. The molecular formula is C36H25NO. The largest absolute Gasteiger partial charge is 0.456 e. The molecule has 2 heteroatoms. The molecule has 2 aliphatic rings. The summed E-state index contributed by atoms with van der Waals surface area (Å²) in [6, 6.07) is 35.0. The zero-order valence-corrected chi connectivity index (χ0v) is 20.9. The van der Waals surface area contributed by atoms with Crippen molar-refractivity contribution in [1.29, 1.82) is 0 Å². The summed E-state index contributed by atoms with van der Waals surface area (Å²) in [4.78, 5) is 4.38. The van der Waals surface area contributed by atoms with Gasteiger partial charge in [0.2, 0.25) is 0 Å². The highest BCUT2D eigenvalue weighted by atomic mass is 16.3. The van der Waals surface area contributed by atoms with Gasteiger partial charge in [0, 0.05) is 23.2 Å². The molecule has 0 amide bonds. The summed E-state index contributed by atoms with van der Waals surface area (Å²) in [5, 5.41) is 2.33. The normalized spacial score (nSPS) is 17.9. The van der Waals surface area contributed by atoms with Gasteiger partial charge in [0.1, 0.15) is 11.2 Å². The van der Waals surface area contributed by atoms with Gasteiger partial charge in [-0.1, -0.05) is 96.6 Å². The standard InChI is InChI=1S/C36H25NO/c1-2-10-24(11-3-1)36(25-20-22-37-23-21-25)30-16-6-4-12-28(30)34-26(14-8-17-31(34)36)27-15-9-19-33-35(27)29-13-5-7-18-32(29)38-33/h1-2,4-10,12-23H,3,11H2. The average Bonchev–Trinajstić information content (AvgIpc) is 3.52. The van der Waals surface area contributed by atoms with Gasteiger partial charge in [0.25, 0.3) is 0 Å². The Morgan fingerprint density at radius 1 is 0.658 bits per heavy atom. The number of hydrogen-bond donors (Lipinski definition) is 0. The number of nitrogens with zero attached hydrogens (tertiary/aromatic N) is 1. The van der Waals surface area contributed by atoms with E-state index in [1.807, 2.05) is 18.5 Å². The molecule has 1 unspecified atom stereocenters. The van der Waals surface area contributed by atoms with E-state index in [1.165, 1.54) is 49.9 Å². The smallest absolute Gasteiger partial charge is 0.136 e. The van der Waals surface area contributed by atoms with Crippen molar-refractivity contribution in [2.45, 2.75) is 18.3 Å². The second kappa shape index (κ2) is 8.16. The van der Waals surface area contributed by atoms with Gasteiger partial charge in [0.15, 0.2) is 0 Å². The zero-order chi connectivity index (χ0) is 25.1. The van der Waals surface area contributed by atoms with E-state index in [1.54, 1.807) is 0 Å². The van der Waals surface area contributed by atoms with E-state index < -0.39 is 0 Å². The van der Waals surface area contributed by atoms with Crippen LogP contribution in [-0.4, -0.2) is 4.98 Å². The summed E-state index contributed by atoms with van der Waals surface area (Å²) in [7, 11) is 0. The van der Waals surface area contributed by atoms with Crippen LogP contribution in [0.1, 0.15) is 29.5 Å². The minimum Gasteiger partial charge on any atom is -0.456 e. The Morgan fingerprint density at radius 2 is 1.39 bits per heavy atom. The fourth-order valence-electron chi connectivity index (χ4n) is 6.91. The lowest BCUT2D eigenvalue weighted by Crippen LogP contribution is -2.30. The molecule has 2 nitrogen and oxygen atoms in total. The van der Waals surface area contributed by atoms with Crippen LogP contribution in [0, 0.1) is 0 Å². The number of benzene rings is 4. The molecule has 0 saturated heterocycles. The lowest BCUT2D eigenvalue weighted by molar-refractivity contribution is 0.669. The Bertz CT molecular complexity index is 1920. The molecule has 0 aliphatic heterocycles. The summed E-state index contributed by atoms with van der Waals surface area (Å²) < 4.78 is 6.29. The van der Waals surface area contributed by atoms with E-state index in [4.69, 9.17) is 4.42 Å². The van der Waals surface area contributed by atoms with Crippen LogP contribution in [0.25, 0.3) is 44.2 Å². The second-order valence-corrected chi connectivity index (χ2v) is 10.2. The lowest BCUT2D eigenvalue weighted by atomic mass is 9.65. The maximum absolute atomic E-state index is 6.29. The number of pyridine rings is 1. The molecule has 2 aliphatic carbocycles. The Morgan fingerprint density at radius 3 is 2.29 bits per heavy atom. The molecule has 38 heavy (non-hydrogen) atoms. The van der Waals surface area contributed by atoms with Crippen molar-refractivity contribution >= 4 is 21.9 Å². The highest BCUT2D eigenvalue weighted by molar-refractivity contribution is 6.14. The van der Waals surface area contributed by atoms with Crippen molar-refractivity contribution in [3.8, 4) is 22.3 Å². The first-order valence-electron chi connectivity index (χ1n) is 13.3. The van der Waals surface area contributed by atoms with Crippen molar-refractivity contribution in [2.24, 2.45) is 0 Å². The molecule has 0 fully saturated rings. The predicted octanol–water partition coefficient (Wildman–Crippen LogP) is 9.24. The van der Waals surface area contributed by atoms with Crippen LogP contribution in [0.5, 0.6) is 0 Å². The molecule has 0 bridgehead atoms. The van der Waals surface area contributed by atoms with Gasteiger partial charge in [-0.3, -0.25) is 4.98 Å². The van der Waals surface area contributed by atoms with E-state index in [2.05, 4.69) is 114 Å². The Balaban J connectivity index is 1.52. The van der Waals surface area contributed by atoms with E-state index in [0.29, 0.717) is 0 Å².